The van der Waals surface area contributed by atoms with Gasteiger partial charge in [-0.2, -0.15) is 13.2 Å². The fourth-order valence-corrected chi connectivity index (χ4v) is 1.88. The van der Waals surface area contributed by atoms with Gasteiger partial charge in [0.1, 0.15) is 17.2 Å². The van der Waals surface area contributed by atoms with Crippen LogP contribution in [0.1, 0.15) is 12.5 Å². The van der Waals surface area contributed by atoms with Gasteiger partial charge in [-0.25, -0.2) is 5.48 Å². The van der Waals surface area contributed by atoms with Crippen LogP contribution in [-0.2, 0) is 15.8 Å². The van der Waals surface area contributed by atoms with Gasteiger partial charge in [-0.1, -0.05) is 0 Å². The van der Waals surface area contributed by atoms with Crippen molar-refractivity contribution in [1.82, 2.24) is 5.48 Å². The molecule has 0 aliphatic carbocycles. The van der Waals surface area contributed by atoms with Crippen LogP contribution in [0.4, 0.5) is 13.2 Å². The van der Waals surface area contributed by atoms with E-state index in [9.17, 15) is 18.0 Å². The van der Waals surface area contributed by atoms with E-state index in [4.69, 9.17) is 9.47 Å². The van der Waals surface area contributed by atoms with Crippen molar-refractivity contribution in [3.05, 3.63) is 54.1 Å². The van der Waals surface area contributed by atoms with Crippen LogP contribution < -0.4 is 15.0 Å². The van der Waals surface area contributed by atoms with Crippen LogP contribution in [0.3, 0.4) is 0 Å². The lowest BCUT2D eigenvalue weighted by atomic mass is 10.2. The third-order valence-electron chi connectivity index (χ3n) is 3.13. The summed E-state index contributed by atoms with van der Waals surface area (Å²) >= 11 is 0. The molecular formula is C17H16F3NO4. The third kappa shape index (κ3) is 5.39. The Morgan fingerprint density at radius 1 is 0.960 bits per heavy atom. The lowest BCUT2D eigenvalue weighted by molar-refractivity contribution is -0.138. The van der Waals surface area contributed by atoms with Gasteiger partial charge < -0.3 is 9.47 Å². The number of carbonyl (C=O) groups is 1. The minimum atomic E-state index is -4.39. The summed E-state index contributed by atoms with van der Waals surface area (Å²) < 4.78 is 48.4. The number of hydrogen-bond donors (Lipinski definition) is 1. The Bertz CT molecular complexity index is 699. The summed E-state index contributed by atoms with van der Waals surface area (Å²) in [6.45, 7) is 1.56. The fraction of sp³-hybridized carbons (Fsp3) is 0.235. The molecule has 0 saturated carbocycles. The quantitative estimate of drug-likeness (QED) is 0.798. The monoisotopic (exact) mass is 355 g/mol. The van der Waals surface area contributed by atoms with Crippen molar-refractivity contribution in [2.45, 2.75) is 19.2 Å². The molecule has 1 atom stereocenters. The molecule has 8 heteroatoms. The molecule has 2 aromatic carbocycles. The summed E-state index contributed by atoms with van der Waals surface area (Å²) in [6.07, 6.45) is -5.15. The van der Waals surface area contributed by atoms with E-state index in [1.54, 1.807) is 31.2 Å². The summed E-state index contributed by atoms with van der Waals surface area (Å²) in [7, 11) is 1.32. The van der Waals surface area contributed by atoms with Crippen molar-refractivity contribution < 1.29 is 32.3 Å². The largest absolute Gasteiger partial charge is 0.481 e. The van der Waals surface area contributed by atoms with Gasteiger partial charge in [0, 0.05) is 0 Å². The van der Waals surface area contributed by atoms with E-state index in [2.05, 4.69) is 10.3 Å². The van der Waals surface area contributed by atoms with Crippen LogP contribution in [0.5, 0.6) is 17.2 Å². The average Bonchev–Trinajstić information content (AvgIpc) is 2.56. The average molecular weight is 355 g/mol. The Balaban J connectivity index is 1.97. The number of nitrogens with one attached hydrogen (secondary N) is 1. The Morgan fingerprint density at radius 3 is 1.92 bits per heavy atom. The highest BCUT2D eigenvalue weighted by Crippen LogP contribution is 2.31. The lowest BCUT2D eigenvalue weighted by Gasteiger charge is -2.14. The van der Waals surface area contributed by atoms with Crippen LogP contribution in [0.15, 0.2) is 48.5 Å². The van der Waals surface area contributed by atoms with Crippen molar-refractivity contribution in [2.75, 3.05) is 7.11 Å². The zero-order valence-corrected chi connectivity index (χ0v) is 13.5. The molecule has 0 spiro atoms. The molecule has 0 radical (unpaired) electrons. The molecule has 2 rings (SSSR count). The number of benzene rings is 2. The summed E-state index contributed by atoms with van der Waals surface area (Å²) in [5.74, 6) is 0.682. The molecule has 0 fully saturated rings. The molecule has 25 heavy (non-hydrogen) atoms. The number of alkyl halides is 3. The zero-order chi connectivity index (χ0) is 18.4. The van der Waals surface area contributed by atoms with Gasteiger partial charge in [-0.15, -0.1) is 0 Å². The van der Waals surface area contributed by atoms with Crippen LogP contribution >= 0.6 is 0 Å². The van der Waals surface area contributed by atoms with E-state index >= 15 is 0 Å². The number of halogens is 3. The molecule has 0 aromatic heterocycles. The standard InChI is InChI=1S/C17H16F3NO4/c1-11(16(22)21-23-2)24-13-7-9-15(10-8-13)25-14-5-3-12(4-6-14)17(18,19)20/h3-11H,1-2H3,(H,21,22). The third-order valence-corrected chi connectivity index (χ3v) is 3.13. The predicted octanol–water partition coefficient (Wildman–Crippen LogP) is 3.94. The topological polar surface area (TPSA) is 56.8 Å². The highest BCUT2D eigenvalue weighted by molar-refractivity contribution is 5.79. The SMILES string of the molecule is CONC(=O)C(C)Oc1ccc(Oc2ccc(C(F)(F)F)cc2)cc1. The first kappa shape index (κ1) is 18.6. The lowest BCUT2D eigenvalue weighted by Crippen LogP contribution is -2.35. The number of carbonyl (C=O) groups excluding carboxylic acids is 1. The first-order valence-electron chi connectivity index (χ1n) is 7.24. The van der Waals surface area contributed by atoms with Crippen molar-refractivity contribution in [3.8, 4) is 17.2 Å². The number of ether oxygens (including phenoxy) is 2. The van der Waals surface area contributed by atoms with Crippen LogP contribution in [0.25, 0.3) is 0 Å². The molecule has 1 N–H and O–H groups in total. The van der Waals surface area contributed by atoms with E-state index in [1.165, 1.54) is 19.2 Å². The molecule has 0 aliphatic heterocycles. The van der Waals surface area contributed by atoms with Crippen molar-refractivity contribution in [1.29, 1.82) is 0 Å². The smallest absolute Gasteiger partial charge is 0.416 e. The zero-order valence-electron chi connectivity index (χ0n) is 13.5. The molecule has 1 unspecified atom stereocenters. The molecule has 0 aliphatic rings. The molecular weight excluding hydrogens is 339 g/mol. The predicted molar refractivity (Wildman–Crippen MR) is 83.2 cm³/mol. The van der Waals surface area contributed by atoms with E-state index in [0.29, 0.717) is 11.5 Å². The van der Waals surface area contributed by atoms with E-state index in [1.807, 2.05) is 0 Å². The number of amides is 1. The van der Waals surface area contributed by atoms with Gasteiger partial charge in [0.25, 0.3) is 5.91 Å². The highest BCUT2D eigenvalue weighted by Gasteiger charge is 2.30. The molecule has 0 bridgehead atoms. The number of rotatable bonds is 6. The summed E-state index contributed by atoms with van der Waals surface area (Å²) in [4.78, 5) is 16.0. The van der Waals surface area contributed by atoms with Gasteiger partial charge in [-0.05, 0) is 55.5 Å². The second-order valence-electron chi connectivity index (χ2n) is 5.03. The second-order valence-corrected chi connectivity index (χ2v) is 5.03. The maximum Gasteiger partial charge on any atom is 0.416 e. The molecule has 134 valence electrons. The molecule has 0 heterocycles. The summed E-state index contributed by atoms with van der Waals surface area (Å²) in [5.41, 5.74) is 1.41. The van der Waals surface area contributed by atoms with Crippen LogP contribution in [0.2, 0.25) is 0 Å². The maximum atomic E-state index is 12.5. The van der Waals surface area contributed by atoms with E-state index in [0.717, 1.165) is 12.1 Å². The maximum absolute atomic E-state index is 12.5. The summed E-state index contributed by atoms with van der Waals surface area (Å²) in [6, 6.07) is 10.7. The van der Waals surface area contributed by atoms with Gasteiger partial charge >= 0.3 is 6.18 Å². The van der Waals surface area contributed by atoms with Gasteiger partial charge in [0.2, 0.25) is 0 Å². The molecule has 1 amide bonds. The first-order chi connectivity index (χ1) is 11.8. The van der Waals surface area contributed by atoms with Crippen molar-refractivity contribution in [3.63, 3.8) is 0 Å². The van der Waals surface area contributed by atoms with E-state index < -0.39 is 23.8 Å². The fourth-order valence-electron chi connectivity index (χ4n) is 1.88. The molecule has 5 nitrogen and oxygen atoms in total. The van der Waals surface area contributed by atoms with Crippen LogP contribution in [0, 0.1) is 0 Å². The van der Waals surface area contributed by atoms with Crippen molar-refractivity contribution >= 4 is 5.91 Å². The van der Waals surface area contributed by atoms with Crippen molar-refractivity contribution in [2.24, 2.45) is 0 Å². The van der Waals surface area contributed by atoms with E-state index in [-0.39, 0.29) is 5.75 Å². The van der Waals surface area contributed by atoms with Gasteiger partial charge in [0.15, 0.2) is 6.10 Å². The minimum absolute atomic E-state index is 0.273. The van der Waals surface area contributed by atoms with Gasteiger partial charge in [-0.3, -0.25) is 9.63 Å². The first-order valence-corrected chi connectivity index (χ1v) is 7.24. The Hall–Kier alpha value is -2.74. The Kier molecular flexibility index (Phi) is 5.87. The second kappa shape index (κ2) is 7.89. The summed E-state index contributed by atoms with van der Waals surface area (Å²) in [5, 5.41) is 0. The highest BCUT2D eigenvalue weighted by atomic mass is 19.4. The number of hydroxylamine groups is 1. The number of hydrogen-bond acceptors (Lipinski definition) is 4. The minimum Gasteiger partial charge on any atom is -0.481 e. The molecule has 2 aromatic rings. The van der Waals surface area contributed by atoms with Crippen LogP contribution in [-0.4, -0.2) is 19.1 Å². The Morgan fingerprint density at radius 2 is 1.44 bits per heavy atom. The Labute approximate surface area is 142 Å². The van der Waals surface area contributed by atoms with Gasteiger partial charge in [0.05, 0.1) is 12.7 Å². The normalized spacial score (nSPS) is 12.4. The molecule has 0 saturated heterocycles.